The largest absolute Gasteiger partial charge is 0.494 e. The summed E-state index contributed by atoms with van der Waals surface area (Å²) in [7, 11) is 1.39. The molecule has 0 aliphatic carbocycles. The van der Waals surface area contributed by atoms with E-state index in [-0.39, 0.29) is 23.5 Å². The number of carbonyl (C=O) groups excluding carboxylic acids is 1. The Hall–Kier alpha value is -2.16. The van der Waals surface area contributed by atoms with Crippen molar-refractivity contribution in [1.29, 1.82) is 0 Å². The van der Waals surface area contributed by atoms with Gasteiger partial charge >= 0.3 is 0 Å². The summed E-state index contributed by atoms with van der Waals surface area (Å²) in [5.41, 5.74) is 1.16. The molecular formula is C16H15FO2. The molecule has 0 aliphatic heterocycles. The van der Waals surface area contributed by atoms with Crippen LogP contribution in [0.3, 0.4) is 0 Å². The van der Waals surface area contributed by atoms with Crippen LogP contribution in [0.2, 0.25) is 0 Å². The first kappa shape index (κ1) is 13.3. The Morgan fingerprint density at radius 2 is 1.84 bits per heavy atom. The van der Waals surface area contributed by atoms with Crippen molar-refractivity contribution in [3.63, 3.8) is 0 Å². The lowest BCUT2D eigenvalue weighted by Crippen LogP contribution is -2.05. The second-order valence-electron chi connectivity index (χ2n) is 4.23. The van der Waals surface area contributed by atoms with Gasteiger partial charge in [-0.15, -0.1) is 0 Å². The van der Waals surface area contributed by atoms with E-state index in [1.807, 2.05) is 30.3 Å². The number of ketones is 1. The highest BCUT2D eigenvalue weighted by atomic mass is 19.1. The highest BCUT2D eigenvalue weighted by Crippen LogP contribution is 2.21. The highest BCUT2D eigenvalue weighted by Gasteiger charge is 2.15. The summed E-state index contributed by atoms with van der Waals surface area (Å²) < 4.78 is 18.8. The molecule has 2 aromatic carbocycles. The van der Waals surface area contributed by atoms with Gasteiger partial charge < -0.3 is 4.74 Å². The summed E-state index contributed by atoms with van der Waals surface area (Å²) in [6.07, 6.45) is 0.893. The minimum Gasteiger partial charge on any atom is -0.494 e. The van der Waals surface area contributed by atoms with Gasteiger partial charge in [-0.25, -0.2) is 4.39 Å². The van der Waals surface area contributed by atoms with Crippen LogP contribution in [0.5, 0.6) is 5.75 Å². The Kier molecular flexibility index (Phi) is 4.29. The number of hydrogen-bond acceptors (Lipinski definition) is 2. The topological polar surface area (TPSA) is 26.3 Å². The Balaban J connectivity index is 2.08. The maximum Gasteiger partial charge on any atom is 0.175 e. The Morgan fingerprint density at radius 1 is 1.11 bits per heavy atom. The lowest BCUT2D eigenvalue weighted by Gasteiger charge is -2.06. The summed E-state index contributed by atoms with van der Waals surface area (Å²) in [5.74, 6) is -0.686. The monoisotopic (exact) mass is 258 g/mol. The molecule has 0 radical (unpaired) electrons. The molecule has 0 bridgehead atoms. The third-order valence-corrected chi connectivity index (χ3v) is 2.97. The van der Waals surface area contributed by atoms with E-state index in [1.54, 1.807) is 6.07 Å². The zero-order valence-corrected chi connectivity index (χ0v) is 10.7. The SMILES string of the molecule is COc1cccc(C(=O)CCc2ccccc2)c1F. The van der Waals surface area contributed by atoms with E-state index in [9.17, 15) is 9.18 Å². The van der Waals surface area contributed by atoms with E-state index in [1.165, 1.54) is 19.2 Å². The highest BCUT2D eigenvalue weighted by molar-refractivity contribution is 5.96. The van der Waals surface area contributed by atoms with E-state index in [2.05, 4.69) is 0 Å². The van der Waals surface area contributed by atoms with Crippen molar-refractivity contribution in [1.82, 2.24) is 0 Å². The number of halogens is 1. The predicted octanol–water partition coefficient (Wildman–Crippen LogP) is 3.65. The van der Waals surface area contributed by atoms with Gasteiger partial charge in [0.2, 0.25) is 0 Å². The van der Waals surface area contributed by atoms with Crippen molar-refractivity contribution in [2.45, 2.75) is 12.8 Å². The van der Waals surface area contributed by atoms with Crippen LogP contribution >= 0.6 is 0 Å². The summed E-state index contributed by atoms with van der Waals surface area (Å²) in [5, 5.41) is 0. The second-order valence-corrected chi connectivity index (χ2v) is 4.23. The van der Waals surface area contributed by atoms with Gasteiger partial charge in [-0.05, 0) is 24.1 Å². The van der Waals surface area contributed by atoms with Crippen LogP contribution in [0.25, 0.3) is 0 Å². The molecule has 2 rings (SSSR count). The Labute approximate surface area is 111 Å². The molecule has 0 N–H and O–H groups in total. The van der Waals surface area contributed by atoms with Crippen molar-refractivity contribution >= 4 is 5.78 Å². The Morgan fingerprint density at radius 3 is 2.53 bits per heavy atom. The number of benzene rings is 2. The van der Waals surface area contributed by atoms with Gasteiger partial charge in [-0.2, -0.15) is 0 Å². The molecule has 0 unspecified atom stereocenters. The van der Waals surface area contributed by atoms with Crippen LogP contribution in [-0.2, 0) is 6.42 Å². The van der Waals surface area contributed by atoms with Crippen LogP contribution in [0, 0.1) is 5.82 Å². The van der Waals surface area contributed by atoms with Gasteiger partial charge in [-0.1, -0.05) is 36.4 Å². The van der Waals surface area contributed by atoms with Crippen molar-refractivity contribution < 1.29 is 13.9 Å². The standard InChI is InChI=1S/C16H15FO2/c1-19-15-9-5-8-13(16(15)17)14(18)11-10-12-6-3-2-4-7-12/h2-9H,10-11H2,1H3. The summed E-state index contributed by atoms with van der Waals surface area (Å²) in [6, 6.07) is 14.3. The number of hydrogen-bond donors (Lipinski definition) is 0. The average molecular weight is 258 g/mol. The molecule has 0 heterocycles. The third kappa shape index (κ3) is 3.19. The summed E-state index contributed by atoms with van der Waals surface area (Å²) in [4.78, 5) is 12.0. The molecule has 2 aromatic rings. The molecule has 3 heteroatoms. The third-order valence-electron chi connectivity index (χ3n) is 2.97. The zero-order chi connectivity index (χ0) is 13.7. The van der Waals surface area contributed by atoms with Crippen molar-refractivity contribution in [2.75, 3.05) is 7.11 Å². The maximum absolute atomic E-state index is 13.9. The van der Waals surface area contributed by atoms with E-state index in [0.29, 0.717) is 6.42 Å². The number of carbonyl (C=O) groups is 1. The maximum atomic E-state index is 13.9. The quantitative estimate of drug-likeness (QED) is 0.765. The summed E-state index contributed by atoms with van der Waals surface area (Å²) >= 11 is 0. The van der Waals surface area contributed by atoms with Crippen LogP contribution in [0.1, 0.15) is 22.3 Å². The molecule has 0 aromatic heterocycles. The number of ether oxygens (including phenoxy) is 1. The molecular weight excluding hydrogens is 243 g/mol. The molecule has 2 nitrogen and oxygen atoms in total. The zero-order valence-electron chi connectivity index (χ0n) is 10.7. The van der Waals surface area contributed by atoms with Gasteiger partial charge in [0.25, 0.3) is 0 Å². The molecule has 98 valence electrons. The van der Waals surface area contributed by atoms with E-state index in [0.717, 1.165) is 5.56 Å². The van der Waals surface area contributed by atoms with E-state index in [4.69, 9.17) is 4.74 Å². The van der Waals surface area contributed by atoms with Gasteiger partial charge in [0.1, 0.15) is 0 Å². The molecule has 0 saturated heterocycles. The smallest absolute Gasteiger partial charge is 0.175 e. The van der Waals surface area contributed by atoms with Crippen LogP contribution in [-0.4, -0.2) is 12.9 Å². The first-order chi connectivity index (χ1) is 9.22. The number of rotatable bonds is 5. The van der Waals surface area contributed by atoms with Gasteiger partial charge in [0.15, 0.2) is 17.3 Å². The normalized spacial score (nSPS) is 10.2. The fourth-order valence-corrected chi connectivity index (χ4v) is 1.92. The minimum atomic E-state index is -0.580. The lowest BCUT2D eigenvalue weighted by molar-refractivity contribution is 0.0978. The predicted molar refractivity (Wildman–Crippen MR) is 72.0 cm³/mol. The average Bonchev–Trinajstić information content (AvgIpc) is 2.46. The second kappa shape index (κ2) is 6.14. The first-order valence-corrected chi connectivity index (χ1v) is 6.12. The molecule has 0 atom stereocenters. The first-order valence-electron chi connectivity index (χ1n) is 6.12. The molecule has 0 spiro atoms. The van der Waals surface area contributed by atoms with Crippen LogP contribution < -0.4 is 4.74 Å². The number of aryl methyl sites for hydroxylation is 1. The van der Waals surface area contributed by atoms with Crippen molar-refractivity contribution in [3.05, 3.63) is 65.5 Å². The lowest BCUT2D eigenvalue weighted by atomic mass is 10.0. The van der Waals surface area contributed by atoms with E-state index < -0.39 is 5.82 Å². The minimum absolute atomic E-state index is 0.0929. The van der Waals surface area contributed by atoms with Crippen LogP contribution in [0.4, 0.5) is 4.39 Å². The molecule has 0 saturated carbocycles. The van der Waals surface area contributed by atoms with E-state index >= 15 is 0 Å². The Bertz CT molecular complexity index is 564. The van der Waals surface area contributed by atoms with Crippen molar-refractivity contribution in [3.8, 4) is 5.75 Å². The molecule has 0 amide bonds. The number of methoxy groups -OCH3 is 1. The van der Waals surface area contributed by atoms with Gasteiger partial charge in [-0.3, -0.25) is 4.79 Å². The van der Waals surface area contributed by atoms with Crippen LogP contribution in [0.15, 0.2) is 48.5 Å². The molecule has 0 fully saturated rings. The summed E-state index contributed by atoms with van der Waals surface area (Å²) in [6.45, 7) is 0. The van der Waals surface area contributed by atoms with Gasteiger partial charge in [0.05, 0.1) is 12.7 Å². The number of Topliss-reactive ketones (excluding diaryl/α,β-unsaturated/α-hetero) is 1. The fourth-order valence-electron chi connectivity index (χ4n) is 1.92. The molecule has 19 heavy (non-hydrogen) atoms. The molecule has 0 aliphatic rings. The van der Waals surface area contributed by atoms with Gasteiger partial charge in [0, 0.05) is 6.42 Å². The fraction of sp³-hybridized carbons (Fsp3) is 0.188. The van der Waals surface area contributed by atoms with Crippen molar-refractivity contribution in [2.24, 2.45) is 0 Å².